The van der Waals surface area contributed by atoms with Crippen molar-refractivity contribution in [2.75, 3.05) is 5.73 Å². The Bertz CT molecular complexity index is 386. The molecule has 0 saturated carbocycles. The number of aromatic nitrogens is 1. The third kappa shape index (κ3) is 2.96. The number of carboxylic acids is 1. The van der Waals surface area contributed by atoms with E-state index < -0.39 is 11.7 Å². The number of carboxylic acid groups (broad SMARTS) is 1. The molecule has 1 aromatic heterocycles. The van der Waals surface area contributed by atoms with E-state index in [-0.39, 0.29) is 72.3 Å². The summed E-state index contributed by atoms with van der Waals surface area (Å²) in [7, 11) is 0. The van der Waals surface area contributed by atoms with Gasteiger partial charge in [0.1, 0.15) is 5.02 Å². The minimum Gasteiger partial charge on any atom is -0.476 e. The molecule has 0 aliphatic carbocycles. The van der Waals surface area contributed by atoms with Crippen molar-refractivity contribution in [3.05, 3.63) is 20.9 Å². The molecule has 0 bridgehead atoms. The molecule has 0 aliphatic rings. The molecule has 0 atom stereocenters. The van der Waals surface area contributed by atoms with Gasteiger partial charge in [-0.3, -0.25) is 0 Å². The third-order valence-corrected chi connectivity index (χ3v) is 2.41. The second-order valence-electron chi connectivity index (χ2n) is 2.10. The van der Waals surface area contributed by atoms with Gasteiger partial charge in [-0.05, 0) is 0 Å². The number of aromatic carboxylic acids is 1. The van der Waals surface area contributed by atoms with Gasteiger partial charge in [0.25, 0.3) is 0 Å². The molecule has 0 amide bonds. The molecule has 0 radical (unpaired) electrons. The normalized spacial score (nSPS) is 9.36. The van der Waals surface area contributed by atoms with Gasteiger partial charge in [-0.2, -0.15) is 0 Å². The van der Waals surface area contributed by atoms with Crippen LogP contribution in [-0.2, 0) is 0 Å². The molecule has 0 aromatic carbocycles. The first-order valence-corrected chi connectivity index (χ1v) is 4.11. The van der Waals surface area contributed by atoms with E-state index in [0.29, 0.717) is 0 Å². The standard InChI is InChI=1S/C6H3Cl3N2O2.K/c7-1-3(10)2(8)5(9)11-4(1)6(12)13;/h(H2,10,11)(H,12,13);/q;+1. The van der Waals surface area contributed by atoms with Crippen molar-refractivity contribution in [1.29, 1.82) is 0 Å². The van der Waals surface area contributed by atoms with Crippen molar-refractivity contribution in [3.63, 3.8) is 0 Å². The van der Waals surface area contributed by atoms with Crippen molar-refractivity contribution in [2.45, 2.75) is 0 Å². The summed E-state index contributed by atoms with van der Waals surface area (Å²) in [4.78, 5) is 14.0. The second kappa shape index (κ2) is 5.86. The Balaban J connectivity index is 0.00000169. The van der Waals surface area contributed by atoms with Crippen LogP contribution in [0.2, 0.25) is 15.2 Å². The predicted molar refractivity (Wildman–Crippen MR) is 50.6 cm³/mol. The number of carbonyl (C=O) groups is 1. The molecule has 0 fully saturated rings. The van der Waals surface area contributed by atoms with Crippen LogP contribution in [0.15, 0.2) is 0 Å². The van der Waals surface area contributed by atoms with Crippen LogP contribution in [0, 0.1) is 0 Å². The van der Waals surface area contributed by atoms with Gasteiger partial charge in [0.15, 0.2) is 10.8 Å². The molecular weight excluding hydrogens is 278 g/mol. The molecule has 1 heterocycles. The summed E-state index contributed by atoms with van der Waals surface area (Å²) in [6.07, 6.45) is 0. The fourth-order valence-electron chi connectivity index (χ4n) is 0.673. The first-order valence-electron chi connectivity index (χ1n) is 2.98. The maximum atomic E-state index is 10.5. The van der Waals surface area contributed by atoms with E-state index in [0.717, 1.165) is 0 Å². The van der Waals surface area contributed by atoms with Crippen molar-refractivity contribution in [3.8, 4) is 0 Å². The second-order valence-corrected chi connectivity index (χ2v) is 3.21. The smallest absolute Gasteiger partial charge is 0.476 e. The summed E-state index contributed by atoms with van der Waals surface area (Å²) >= 11 is 16.6. The molecular formula is C6H3Cl3KN2O2+. The number of halogens is 3. The quantitative estimate of drug-likeness (QED) is 0.528. The number of pyridine rings is 1. The Labute approximate surface area is 137 Å². The van der Waals surface area contributed by atoms with Crippen molar-refractivity contribution in [1.82, 2.24) is 4.98 Å². The summed E-state index contributed by atoms with van der Waals surface area (Å²) in [5.74, 6) is -1.31. The van der Waals surface area contributed by atoms with Crippen LogP contribution in [0.1, 0.15) is 10.5 Å². The first-order chi connectivity index (χ1) is 5.95. The molecule has 4 nitrogen and oxygen atoms in total. The SMILES string of the molecule is Nc1c(Cl)c(Cl)nc(C(=O)O)c1Cl.[K+]. The molecule has 8 heteroatoms. The van der Waals surface area contributed by atoms with Gasteiger partial charge >= 0.3 is 57.4 Å². The molecule has 0 unspecified atom stereocenters. The largest absolute Gasteiger partial charge is 1.00 e. The number of nitrogen functional groups attached to an aromatic ring is 1. The minimum absolute atomic E-state index is 0. The van der Waals surface area contributed by atoms with Gasteiger partial charge < -0.3 is 10.8 Å². The van der Waals surface area contributed by atoms with Crippen LogP contribution in [0.3, 0.4) is 0 Å². The molecule has 1 rings (SSSR count). The summed E-state index contributed by atoms with van der Waals surface area (Å²) in [6.45, 7) is 0. The number of anilines is 1. The number of hydrogen-bond donors (Lipinski definition) is 2. The zero-order chi connectivity index (χ0) is 10.2. The molecule has 70 valence electrons. The van der Waals surface area contributed by atoms with Crippen LogP contribution in [0.5, 0.6) is 0 Å². The van der Waals surface area contributed by atoms with E-state index in [1.165, 1.54) is 0 Å². The average molecular weight is 281 g/mol. The van der Waals surface area contributed by atoms with Crippen LogP contribution in [0.4, 0.5) is 5.69 Å². The summed E-state index contributed by atoms with van der Waals surface area (Å²) in [5, 5.41) is 8.17. The number of rotatable bonds is 1. The van der Waals surface area contributed by atoms with Crippen molar-refractivity contribution >= 4 is 46.5 Å². The van der Waals surface area contributed by atoms with Gasteiger partial charge in [0.2, 0.25) is 0 Å². The van der Waals surface area contributed by atoms with Crippen LogP contribution in [0.25, 0.3) is 0 Å². The summed E-state index contributed by atoms with van der Waals surface area (Å²) < 4.78 is 0. The molecule has 1 aromatic rings. The monoisotopic (exact) mass is 279 g/mol. The Morgan fingerprint density at radius 1 is 1.29 bits per heavy atom. The minimum atomic E-state index is -1.31. The Morgan fingerprint density at radius 3 is 2.21 bits per heavy atom. The summed E-state index contributed by atoms with van der Waals surface area (Å²) in [6, 6.07) is 0. The topological polar surface area (TPSA) is 76.2 Å². The maximum Gasteiger partial charge on any atom is 1.00 e. The summed E-state index contributed by atoms with van der Waals surface area (Å²) in [5.41, 5.74) is 4.88. The van der Waals surface area contributed by atoms with Crippen LogP contribution >= 0.6 is 34.8 Å². The van der Waals surface area contributed by atoms with E-state index in [1.807, 2.05) is 0 Å². The van der Waals surface area contributed by atoms with Crippen LogP contribution < -0.4 is 57.1 Å². The Kier molecular flexibility index (Phi) is 6.25. The zero-order valence-electron chi connectivity index (χ0n) is 7.01. The van der Waals surface area contributed by atoms with Crippen molar-refractivity contribution in [2.24, 2.45) is 0 Å². The van der Waals surface area contributed by atoms with E-state index in [1.54, 1.807) is 0 Å². The van der Waals surface area contributed by atoms with E-state index in [4.69, 9.17) is 45.6 Å². The molecule has 0 saturated heterocycles. The van der Waals surface area contributed by atoms with E-state index in [9.17, 15) is 4.79 Å². The average Bonchev–Trinajstić information content (AvgIpc) is 2.07. The molecule has 3 N–H and O–H groups in total. The van der Waals surface area contributed by atoms with Gasteiger partial charge in [-0.1, -0.05) is 34.8 Å². The Morgan fingerprint density at radius 2 is 1.79 bits per heavy atom. The molecule has 0 spiro atoms. The molecule has 0 aliphatic heterocycles. The van der Waals surface area contributed by atoms with Crippen molar-refractivity contribution < 1.29 is 61.3 Å². The number of nitrogens with zero attached hydrogens (tertiary/aromatic N) is 1. The van der Waals surface area contributed by atoms with E-state index >= 15 is 0 Å². The number of nitrogens with two attached hydrogens (primary N) is 1. The fourth-order valence-corrected chi connectivity index (χ4v) is 1.26. The van der Waals surface area contributed by atoms with Gasteiger partial charge in [-0.25, -0.2) is 9.78 Å². The van der Waals surface area contributed by atoms with Gasteiger partial charge in [0.05, 0.1) is 10.7 Å². The zero-order valence-corrected chi connectivity index (χ0v) is 12.4. The Hall–Kier alpha value is 0.926. The molecule has 14 heavy (non-hydrogen) atoms. The number of hydrogen-bond acceptors (Lipinski definition) is 3. The van der Waals surface area contributed by atoms with Crippen LogP contribution in [-0.4, -0.2) is 16.1 Å². The maximum absolute atomic E-state index is 10.5. The van der Waals surface area contributed by atoms with Gasteiger partial charge in [-0.15, -0.1) is 0 Å². The van der Waals surface area contributed by atoms with E-state index in [2.05, 4.69) is 4.98 Å². The third-order valence-electron chi connectivity index (χ3n) is 1.27. The predicted octanol–water partition coefficient (Wildman–Crippen LogP) is -0.674. The first kappa shape index (κ1) is 14.9. The fraction of sp³-hybridized carbons (Fsp3) is 0. The van der Waals surface area contributed by atoms with Gasteiger partial charge in [0, 0.05) is 0 Å².